The summed E-state index contributed by atoms with van der Waals surface area (Å²) >= 11 is 12.3. The molecule has 0 saturated carbocycles. The third-order valence-corrected chi connectivity index (χ3v) is 5.40. The first-order valence-electron chi connectivity index (χ1n) is 8.50. The van der Waals surface area contributed by atoms with Crippen LogP contribution in [0.15, 0.2) is 48.5 Å². The number of hydrogen-bond acceptors (Lipinski definition) is 4. The van der Waals surface area contributed by atoms with Gasteiger partial charge < -0.3 is 20.1 Å². The molecule has 5 nitrogen and oxygen atoms in total. The minimum absolute atomic E-state index is 0. The molecule has 8 heteroatoms. The van der Waals surface area contributed by atoms with Gasteiger partial charge in [-0.3, -0.25) is 4.79 Å². The van der Waals surface area contributed by atoms with Gasteiger partial charge in [0.15, 0.2) is 0 Å². The number of para-hydroxylation sites is 1. The van der Waals surface area contributed by atoms with Crippen molar-refractivity contribution in [2.24, 2.45) is 5.92 Å². The van der Waals surface area contributed by atoms with Crippen LogP contribution in [0.3, 0.4) is 0 Å². The zero-order valence-corrected chi connectivity index (χ0v) is 18.6. The molecule has 1 saturated heterocycles. The third-order valence-electron chi connectivity index (χ3n) is 4.89. The molecule has 2 aromatic rings. The van der Waals surface area contributed by atoms with Crippen LogP contribution in [0, 0.1) is 5.92 Å². The molecular weight excluding hydrogens is 410 g/mol. The van der Waals surface area contributed by atoms with E-state index in [4.69, 9.17) is 23.2 Å². The maximum absolute atomic E-state index is 12.9. The van der Waals surface area contributed by atoms with Crippen LogP contribution >= 0.6 is 23.2 Å². The Kier molecular flexibility index (Phi) is 6.42. The molecule has 2 heterocycles. The summed E-state index contributed by atoms with van der Waals surface area (Å²) in [7, 11) is 0. The number of carboxylic acid groups (broad SMARTS) is 1. The molecule has 1 N–H and O–H groups in total. The number of anilines is 2. The van der Waals surface area contributed by atoms with Crippen molar-refractivity contribution in [1.82, 2.24) is 0 Å². The number of aliphatic carboxylic acids is 1. The molecule has 28 heavy (non-hydrogen) atoms. The average Bonchev–Trinajstić information content (AvgIpc) is 3.17. The van der Waals surface area contributed by atoms with Crippen LogP contribution in [0.2, 0.25) is 10.0 Å². The summed E-state index contributed by atoms with van der Waals surface area (Å²) in [5.74, 6) is -1.78. The quantitative estimate of drug-likeness (QED) is 0.702. The minimum atomic E-state index is -1.28. The van der Waals surface area contributed by atoms with Gasteiger partial charge in [0.2, 0.25) is 5.91 Å². The summed E-state index contributed by atoms with van der Waals surface area (Å²) in [5, 5.41) is 15.2. The second-order valence-electron chi connectivity index (χ2n) is 6.55. The van der Waals surface area contributed by atoms with Gasteiger partial charge in [0.05, 0.1) is 23.0 Å². The fraction of sp³-hybridized carbons (Fsp3) is 0.200. The van der Waals surface area contributed by atoms with Crippen LogP contribution in [-0.4, -0.2) is 24.5 Å². The van der Waals surface area contributed by atoms with E-state index >= 15 is 0 Å². The van der Waals surface area contributed by atoms with E-state index in [1.54, 1.807) is 23.1 Å². The SMILES string of the molecule is O=C([O-])C1Nc2cc(Cl)cc(Cl)c2/C1=C\C1CCN(c2ccccc2)C1=O.[Na+]. The number of amides is 1. The Labute approximate surface area is 194 Å². The van der Waals surface area contributed by atoms with Crippen molar-refractivity contribution < 1.29 is 44.3 Å². The summed E-state index contributed by atoms with van der Waals surface area (Å²) in [6, 6.07) is 11.5. The Morgan fingerprint density at radius 2 is 1.93 bits per heavy atom. The zero-order valence-electron chi connectivity index (χ0n) is 15.1. The fourth-order valence-electron chi connectivity index (χ4n) is 3.66. The Bertz CT molecular complexity index is 965. The maximum Gasteiger partial charge on any atom is 1.00 e. The van der Waals surface area contributed by atoms with Gasteiger partial charge in [-0.1, -0.05) is 47.5 Å². The van der Waals surface area contributed by atoms with Gasteiger partial charge in [-0.25, -0.2) is 0 Å². The van der Waals surface area contributed by atoms with Gasteiger partial charge in [-0.05, 0) is 36.3 Å². The van der Waals surface area contributed by atoms with Crippen molar-refractivity contribution in [3.63, 3.8) is 0 Å². The number of carbonyl (C=O) groups is 2. The summed E-state index contributed by atoms with van der Waals surface area (Å²) in [6.45, 7) is 0.571. The van der Waals surface area contributed by atoms with Gasteiger partial charge in [-0.2, -0.15) is 0 Å². The molecule has 2 atom stereocenters. The molecular formula is C20H15Cl2N2NaO3. The monoisotopic (exact) mass is 424 g/mol. The fourth-order valence-corrected chi connectivity index (χ4v) is 4.26. The Hall–Kier alpha value is -1.50. The Morgan fingerprint density at radius 3 is 2.61 bits per heavy atom. The number of nitrogens with one attached hydrogen (secondary N) is 1. The number of hydrogen-bond donors (Lipinski definition) is 1. The first kappa shape index (κ1) is 21.2. The van der Waals surface area contributed by atoms with Crippen LogP contribution in [0.5, 0.6) is 0 Å². The van der Waals surface area contributed by atoms with Crippen LogP contribution in [-0.2, 0) is 9.59 Å². The Balaban J connectivity index is 0.00000225. The Morgan fingerprint density at radius 1 is 1.21 bits per heavy atom. The topological polar surface area (TPSA) is 72.5 Å². The molecule has 1 fully saturated rings. The van der Waals surface area contributed by atoms with E-state index in [9.17, 15) is 14.7 Å². The second kappa shape index (κ2) is 8.47. The number of carbonyl (C=O) groups excluding carboxylic acids is 2. The van der Waals surface area contributed by atoms with Gasteiger partial charge in [-0.15, -0.1) is 0 Å². The summed E-state index contributed by atoms with van der Waals surface area (Å²) < 4.78 is 0. The number of nitrogens with zero attached hydrogens (tertiary/aromatic N) is 1. The number of halogens is 2. The van der Waals surface area contributed by atoms with Gasteiger partial charge in [0.1, 0.15) is 0 Å². The largest absolute Gasteiger partial charge is 1.00 e. The number of carboxylic acids is 1. The van der Waals surface area contributed by atoms with Crippen LogP contribution in [0.1, 0.15) is 12.0 Å². The van der Waals surface area contributed by atoms with Gasteiger partial charge in [0, 0.05) is 28.5 Å². The van der Waals surface area contributed by atoms with Crippen LogP contribution in [0.4, 0.5) is 11.4 Å². The first-order valence-corrected chi connectivity index (χ1v) is 9.26. The summed E-state index contributed by atoms with van der Waals surface area (Å²) in [5.41, 5.74) is 2.36. The standard InChI is InChI=1S/C20H16Cl2N2O3.Na/c21-12-9-15(22)17-14(18(20(26)27)23-16(17)10-12)8-11-6-7-24(19(11)25)13-4-2-1-3-5-13;/h1-5,8-11,18,23H,6-7H2,(H,26,27);/q;+1/p-1/b14-8+;. The maximum atomic E-state index is 12.9. The van der Waals surface area contributed by atoms with E-state index in [1.165, 1.54) is 0 Å². The molecule has 0 aliphatic carbocycles. The van der Waals surface area contributed by atoms with Crippen molar-refractivity contribution in [2.45, 2.75) is 12.5 Å². The van der Waals surface area contributed by atoms with Crippen molar-refractivity contribution in [3.8, 4) is 0 Å². The van der Waals surface area contributed by atoms with Crippen LogP contribution in [0.25, 0.3) is 5.57 Å². The van der Waals surface area contributed by atoms with E-state index in [2.05, 4.69) is 5.32 Å². The molecule has 4 rings (SSSR count). The van der Waals surface area contributed by atoms with E-state index in [-0.39, 0.29) is 35.5 Å². The third kappa shape index (κ3) is 3.82. The molecule has 138 valence electrons. The van der Waals surface area contributed by atoms with Crippen molar-refractivity contribution in [1.29, 1.82) is 0 Å². The van der Waals surface area contributed by atoms with Gasteiger partial charge in [0.25, 0.3) is 0 Å². The van der Waals surface area contributed by atoms with Crippen molar-refractivity contribution in [3.05, 3.63) is 64.1 Å². The number of benzene rings is 2. The molecule has 2 unspecified atom stereocenters. The van der Waals surface area contributed by atoms with E-state index in [1.807, 2.05) is 30.3 Å². The van der Waals surface area contributed by atoms with Crippen LogP contribution < -0.4 is 44.9 Å². The molecule has 0 aromatic heterocycles. The van der Waals surface area contributed by atoms with Crippen molar-refractivity contribution >= 4 is 52.0 Å². The predicted molar refractivity (Wildman–Crippen MR) is 104 cm³/mol. The van der Waals surface area contributed by atoms with E-state index in [0.717, 1.165) is 5.69 Å². The van der Waals surface area contributed by atoms with E-state index < -0.39 is 17.9 Å². The van der Waals surface area contributed by atoms with E-state index in [0.29, 0.717) is 39.8 Å². The molecule has 0 radical (unpaired) electrons. The van der Waals surface area contributed by atoms with Gasteiger partial charge >= 0.3 is 29.6 Å². The summed E-state index contributed by atoms with van der Waals surface area (Å²) in [4.78, 5) is 26.2. The predicted octanol–water partition coefficient (Wildman–Crippen LogP) is -0.0221. The average molecular weight is 425 g/mol. The molecule has 1 amide bonds. The second-order valence-corrected chi connectivity index (χ2v) is 7.39. The smallest absolute Gasteiger partial charge is 0.548 e. The molecule has 0 spiro atoms. The molecule has 2 aromatic carbocycles. The normalized spacial score (nSPS) is 22.0. The number of rotatable bonds is 3. The van der Waals surface area contributed by atoms with Crippen molar-refractivity contribution in [2.75, 3.05) is 16.8 Å². The minimum Gasteiger partial charge on any atom is -0.548 e. The molecule has 0 bridgehead atoms. The molecule has 2 aliphatic rings. The first-order chi connectivity index (χ1) is 13.0. The summed E-state index contributed by atoms with van der Waals surface area (Å²) in [6.07, 6.45) is 2.29. The zero-order chi connectivity index (χ0) is 19.1. The molecule has 2 aliphatic heterocycles. The number of fused-ring (bicyclic) bond motifs is 1.